The molecule has 0 spiro atoms. The van der Waals surface area contributed by atoms with E-state index in [1.807, 2.05) is 6.07 Å². The van der Waals surface area contributed by atoms with E-state index in [-0.39, 0.29) is 6.04 Å². The second-order valence-corrected chi connectivity index (χ2v) is 2.95. The van der Waals surface area contributed by atoms with Gasteiger partial charge in [0, 0.05) is 18.4 Å². The number of hydrogen-bond acceptors (Lipinski definition) is 3. The highest BCUT2D eigenvalue weighted by Gasteiger charge is 2.04. The lowest BCUT2D eigenvalue weighted by molar-refractivity contribution is 0.636. The fourth-order valence-corrected chi connectivity index (χ4v) is 1.16. The number of anilines is 1. The molecule has 1 rings (SSSR count). The highest BCUT2D eigenvalue weighted by atomic mass is 14.7. The van der Waals surface area contributed by atoms with Crippen molar-refractivity contribution in [2.24, 2.45) is 5.73 Å². The quantitative estimate of drug-likeness (QED) is 0.712. The molecule has 66 valence electrons. The number of nitrogens with two attached hydrogens (primary N) is 2. The summed E-state index contributed by atoms with van der Waals surface area (Å²) in [6.45, 7) is 2.11. The third-order valence-corrected chi connectivity index (χ3v) is 1.81. The van der Waals surface area contributed by atoms with Gasteiger partial charge in [0.25, 0.3) is 0 Å². The summed E-state index contributed by atoms with van der Waals surface area (Å²) < 4.78 is 0. The van der Waals surface area contributed by atoms with Crippen molar-refractivity contribution in [2.75, 3.05) is 5.73 Å². The molecule has 0 aliphatic heterocycles. The number of rotatable bonds is 3. The van der Waals surface area contributed by atoms with Gasteiger partial charge in [-0.15, -0.1) is 0 Å². The first-order valence-electron chi connectivity index (χ1n) is 4.20. The van der Waals surface area contributed by atoms with Crippen LogP contribution in [0.2, 0.25) is 0 Å². The molecule has 1 aromatic rings. The Kier molecular flexibility index (Phi) is 3.05. The first-order chi connectivity index (χ1) is 5.74. The first kappa shape index (κ1) is 9.00. The van der Waals surface area contributed by atoms with Gasteiger partial charge >= 0.3 is 0 Å². The summed E-state index contributed by atoms with van der Waals surface area (Å²) in [4.78, 5) is 3.98. The van der Waals surface area contributed by atoms with Crippen LogP contribution in [-0.4, -0.2) is 4.98 Å². The van der Waals surface area contributed by atoms with Gasteiger partial charge in [0.1, 0.15) is 0 Å². The Morgan fingerprint density at radius 2 is 2.25 bits per heavy atom. The van der Waals surface area contributed by atoms with Crippen LogP contribution in [0.3, 0.4) is 0 Å². The van der Waals surface area contributed by atoms with Crippen molar-refractivity contribution in [3.8, 4) is 0 Å². The summed E-state index contributed by atoms with van der Waals surface area (Å²) in [5, 5.41) is 0. The van der Waals surface area contributed by atoms with Crippen molar-refractivity contribution in [1.82, 2.24) is 4.98 Å². The van der Waals surface area contributed by atoms with E-state index in [9.17, 15) is 0 Å². The lowest BCUT2D eigenvalue weighted by Gasteiger charge is -2.09. The summed E-state index contributed by atoms with van der Waals surface area (Å²) in [6.07, 6.45) is 5.46. The molecule has 12 heavy (non-hydrogen) atoms. The van der Waals surface area contributed by atoms with E-state index < -0.39 is 0 Å². The van der Waals surface area contributed by atoms with Crippen LogP contribution in [0.5, 0.6) is 0 Å². The van der Waals surface area contributed by atoms with Crippen LogP contribution in [0.25, 0.3) is 0 Å². The number of nitrogens with zero attached hydrogens (tertiary/aromatic N) is 1. The Morgan fingerprint density at radius 3 is 2.83 bits per heavy atom. The molecule has 0 saturated carbocycles. The lowest BCUT2D eigenvalue weighted by Crippen LogP contribution is -2.10. The maximum Gasteiger partial charge on any atom is 0.0503 e. The van der Waals surface area contributed by atoms with E-state index in [4.69, 9.17) is 11.5 Å². The molecule has 1 heterocycles. The zero-order valence-corrected chi connectivity index (χ0v) is 7.33. The Labute approximate surface area is 72.8 Å². The molecule has 1 unspecified atom stereocenters. The SMILES string of the molecule is CCCC(N)c1cncc(N)c1. The van der Waals surface area contributed by atoms with Crippen LogP contribution >= 0.6 is 0 Å². The van der Waals surface area contributed by atoms with E-state index >= 15 is 0 Å². The van der Waals surface area contributed by atoms with Crippen LogP contribution in [0.1, 0.15) is 31.4 Å². The molecule has 0 aliphatic carbocycles. The zero-order valence-electron chi connectivity index (χ0n) is 7.33. The summed E-state index contributed by atoms with van der Waals surface area (Å²) in [5.74, 6) is 0. The van der Waals surface area contributed by atoms with Crippen molar-refractivity contribution in [3.63, 3.8) is 0 Å². The van der Waals surface area contributed by atoms with Crippen LogP contribution in [0.15, 0.2) is 18.5 Å². The van der Waals surface area contributed by atoms with Crippen LogP contribution in [0.4, 0.5) is 5.69 Å². The normalized spacial score (nSPS) is 12.8. The number of hydrogen-bond donors (Lipinski definition) is 2. The molecule has 3 heteroatoms. The number of nitrogen functional groups attached to an aromatic ring is 1. The lowest BCUT2D eigenvalue weighted by atomic mass is 10.1. The molecule has 4 N–H and O–H groups in total. The minimum absolute atomic E-state index is 0.0750. The predicted octanol–water partition coefficient (Wildman–Crippen LogP) is 1.46. The minimum atomic E-state index is 0.0750. The van der Waals surface area contributed by atoms with Crippen LogP contribution < -0.4 is 11.5 Å². The second-order valence-electron chi connectivity index (χ2n) is 2.95. The number of aromatic nitrogens is 1. The number of pyridine rings is 1. The van der Waals surface area contributed by atoms with Crippen LogP contribution in [-0.2, 0) is 0 Å². The fraction of sp³-hybridized carbons (Fsp3) is 0.444. The second kappa shape index (κ2) is 4.07. The largest absolute Gasteiger partial charge is 0.397 e. The maximum absolute atomic E-state index is 5.88. The molecule has 3 nitrogen and oxygen atoms in total. The summed E-state index contributed by atoms with van der Waals surface area (Å²) in [5.41, 5.74) is 13.2. The Bertz CT molecular complexity index is 247. The molecular formula is C9H15N3. The van der Waals surface area contributed by atoms with Crippen molar-refractivity contribution in [3.05, 3.63) is 24.0 Å². The highest BCUT2D eigenvalue weighted by Crippen LogP contribution is 2.16. The van der Waals surface area contributed by atoms with Gasteiger partial charge < -0.3 is 11.5 Å². The van der Waals surface area contributed by atoms with Crippen molar-refractivity contribution in [1.29, 1.82) is 0 Å². The van der Waals surface area contributed by atoms with Crippen molar-refractivity contribution in [2.45, 2.75) is 25.8 Å². The minimum Gasteiger partial charge on any atom is -0.397 e. The third-order valence-electron chi connectivity index (χ3n) is 1.81. The highest BCUT2D eigenvalue weighted by molar-refractivity contribution is 5.37. The van der Waals surface area contributed by atoms with E-state index in [2.05, 4.69) is 11.9 Å². The summed E-state index contributed by atoms with van der Waals surface area (Å²) in [7, 11) is 0. The van der Waals surface area contributed by atoms with E-state index in [0.29, 0.717) is 5.69 Å². The molecule has 1 aromatic heterocycles. The molecule has 0 amide bonds. The Morgan fingerprint density at radius 1 is 1.50 bits per heavy atom. The molecule has 0 aliphatic rings. The van der Waals surface area contributed by atoms with Gasteiger partial charge in [-0.05, 0) is 18.1 Å². The topological polar surface area (TPSA) is 64.9 Å². The Balaban J connectivity index is 2.73. The van der Waals surface area contributed by atoms with Gasteiger partial charge in [-0.25, -0.2) is 0 Å². The van der Waals surface area contributed by atoms with Gasteiger partial charge in [0.15, 0.2) is 0 Å². The summed E-state index contributed by atoms with van der Waals surface area (Å²) in [6, 6.07) is 1.96. The Hall–Kier alpha value is -1.09. The van der Waals surface area contributed by atoms with Gasteiger partial charge in [-0.2, -0.15) is 0 Å². The smallest absolute Gasteiger partial charge is 0.0503 e. The van der Waals surface area contributed by atoms with Gasteiger partial charge in [0.05, 0.1) is 5.69 Å². The van der Waals surface area contributed by atoms with Gasteiger partial charge in [-0.3, -0.25) is 4.98 Å². The van der Waals surface area contributed by atoms with Crippen molar-refractivity contribution < 1.29 is 0 Å². The molecule has 0 radical (unpaired) electrons. The average molecular weight is 165 g/mol. The van der Waals surface area contributed by atoms with Crippen molar-refractivity contribution >= 4 is 5.69 Å². The van der Waals surface area contributed by atoms with Crippen LogP contribution in [0, 0.1) is 0 Å². The average Bonchev–Trinajstić information content (AvgIpc) is 2.05. The maximum atomic E-state index is 5.88. The van der Waals surface area contributed by atoms with E-state index in [1.54, 1.807) is 12.4 Å². The molecule has 1 atom stereocenters. The molecule has 0 fully saturated rings. The van der Waals surface area contributed by atoms with E-state index in [1.165, 1.54) is 0 Å². The molecule has 0 bridgehead atoms. The van der Waals surface area contributed by atoms with E-state index in [0.717, 1.165) is 18.4 Å². The fourth-order valence-electron chi connectivity index (χ4n) is 1.16. The molecular weight excluding hydrogens is 150 g/mol. The predicted molar refractivity (Wildman–Crippen MR) is 50.5 cm³/mol. The molecule has 0 aromatic carbocycles. The zero-order chi connectivity index (χ0) is 8.97. The monoisotopic (exact) mass is 165 g/mol. The molecule has 0 saturated heterocycles. The first-order valence-corrected chi connectivity index (χ1v) is 4.20. The van der Waals surface area contributed by atoms with Gasteiger partial charge in [0.2, 0.25) is 0 Å². The third kappa shape index (κ3) is 2.20. The van der Waals surface area contributed by atoms with Gasteiger partial charge in [-0.1, -0.05) is 13.3 Å². The standard InChI is InChI=1S/C9H15N3/c1-2-3-9(11)7-4-8(10)6-12-5-7/h4-6,9H,2-3,10-11H2,1H3. The summed E-state index contributed by atoms with van der Waals surface area (Å²) >= 11 is 0.